The third-order valence-electron chi connectivity index (χ3n) is 2.61. The molecule has 1 unspecified atom stereocenters. The second kappa shape index (κ2) is 5.59. The van der Waals surface area contributed by atoms with Crippen molar-refractivity contribution in [1.82, 2.24) is 4.90 Å². The van der Waals surface area contributed by atoms with E-state index >= 15 is 0 Å². The van der Waals surface area contributed by atoms with Crippen molar-refractivity contribution in [2.45, 2.75) is 12.6 Å². The standard InChI is InChI=1S/C12H16N2S2/c1-14(9-10-4-2-6-15-10)11(8-13)12-5-3-7-16-12/h2-7,11H,8-9,13H2,1H3. The van der Waals surface area contributed by atoms with Crippen molar-refractivity contribution in [3.05, 3.63) is 44.8 Å². The zero-order valence-electron chi connectivity index (χ0n) is 9.30. The molecule has 0 radical (unpaired) electrons. The fraction of sp³-hybridized carbons (Fsp3) is 0.333. The summed E-state index contributed by atoms with van der Waals surface area (Å²) in [4.78, 5) is 5.05. The van der Waals surface area contributed by atoms with Crippen LogP contribution in [-0.2, 0) is 6.54 Å². The summed E-state index contributed by atoms with van der Waals surface area (Å²) < 4.78 is 0. The minimum atomic E-state index is 0.335. The Morgan fingerprint density at radius 1 is 1.25 bits per heavy atom. The minimum absolute atomic E-state index is 0.335. The van der Waals surface area contributed by atoms with Crippen LogP contribution in [0.15, 0.2) is 35.0 Å². The van der Waals surface area contributed by atoms with E-state index in [-0.39, 0.29) is 0 Å². The first-order chi connectivity index (χ1) is 7.81. The molecule has 0 aromatic carbocycles. The molecule has 2 rings (SSSR count). The van der Waals surface area contributed by atoms with Crippen LogP contribution in [-0.4, -0.2) is 18.5 Å². The summed E-state index contributed by atoms with van der Waals surface area (Å²) in [6.07, 6.45) is 0. The molecule has 2 aromatic heterocycles. The van der Waals surface area contributed by atoms with E-state index in [9.17, 15) is 0 Å². The highest BCUT2D eigenvalue weighted by molar-refractivity contribution is 7.10. The fourth-order valence-electron chi connectivity index (χ4n) is 1.75. The molecule has 0 aliphatic rings. The van der Waals surface area contributed by atoms with Crippen molar-refractivity contribution in [2.24, 2.45) is 5.73 Å². The third-order valence-corrected chi connectivity index (χ3v) is 4.45. The lowest BCUT2D eigenvalue weighted by Gasteiger charge is -2.25. The van der Waals surface area contributed by atoms with E-state index in [1.54, 1.807) is 22.7 Å². The first kappa shape index (κ1) is 11.8. The Bertz CT molecular complexity index is 395. The highest BCUT2D eigenvalue weighted by Gasteiger charge is 2.16. The quantitative estimate of drug-likeness (QED) is 0.886. The molecule has 0 fully saturated rings. The van der Waals surface area contributed by atoms with Crippen molar-refractivity contribution in [2.75, 3.05) is 13.6 Å². The lowest BCUT2D eigenvalue weighted by molar-refractivity contribution is 0.247. The summed E-state index contributed by atoms with van der Waals surface area (Å²) in [5.41, 5.74) is 5.86. The Labute approximate surface area is 104 Å². The van der Waals surface area contributed by atoms with Gasteiger partial charge in [-0.3, -0.25) is 4.90 Å². The number of nitrogens with zero attached hydrogens (tertiary/aromatic N) is 1. The Kier molecular flexibility index (Phi) is 4.12. The molecule has 0 saturated heterocycles. The molecule has 16 heavy (non-hydrogen) atoms. The zero-order valence-corrected chi connectivity index (χ0v) is 10.9. The molecule has 4 heteroatoms. The van der Waals surface area contributed by atoms with Gasteiger partial charge in [0.1, 0.15) is 0 Å². The van der Waals surface area contributed by atoms with Gasteiger partial charge in [0, 0.05) is 22.8 Å². The molecule has 0 saturated carbocycles. The maximum atomic E-state index is 5.86. The summed E-state index contributed by atoms with van der Waals surface area (Å²) in [7, 11) is 2.14. The number of likely N-dealkylation sites (N-methyl/N-ethyl adjacent to an activating group) is 1. The van der Waals surface area contributed by atoms with Crippen molar-refractivity contribution < 1.29 is 0 Å². The molecule has 2 aromatic rings. The summed E-state index contributed by atoms with van der Waals surface area (Å²) in [6.45, 7) is 1.64. The normalized spacial score (nSPS) is 13.2. The van der Waals surface area contributed by atoms with Gasteiger partial charge in [-0.25, -0.2) is 0 Å². The van der Waals surface area contributed by atoms with E-state index < -0.39 is 0 Å². The van der Waals surface area contributed by atoms with Crippen LogP contribution in [0.25, 0.3) is 0 Å². The molecule has 2 heterocycles. The van der Waals surface area contributed by atoms with Crippen LogP contribution in [0.4, 0.5) is 0 Å². The van der Waals surface area contributed by atoms with Crippen LogP contribution in [0.5, 0.6) is 0 Å². The number of hydrogen-bond donors (Lipinski definition) is 1. The van der Waals surface area contributed by atoms with Crippen molar-refractivity contribution in [3.63, 3.8) is 0 Å². The lowest BCUT2D eigenvalue weighted by atomic mass is 10.2. The predicted octanol–water partition coefficient (Wildman–Crippen LogP) is 2.94. The lowest BCUT2D eigenvalue weighted by Crippen LogP contribution is -2.29. The predicted molar refractivity (Wildman–Crippen MR) is 71.9 cm³/mol. The highest BCUT2D eigenvalue weighted by Crippen LogP contribution is 2.25. The molecule has 0 aliphatic heterocycles. The first-order valence-corrected chi connectivity index (χ1v) is 7.03. The van der Waals surface area contributed by atoms with E-state index in [0.29, 0.717) is 12.6 Å². The minimum Gasteiger partial charge on any atom is -0.329 e. The molecule has 0 spiro atoms. The summed E-state index contributed by atoms with van der Waals surface area (Å²) >= 11 is 3.58. The monoisotopic (exact) mass is 252 g/mol. The van der Waals surface area contributed by atoms with E-state index in [2.05, 4.69) is 47.0 Å². The maximum absolute atomic E-state index is 5.86. The Balaban J connectivity index is 2.04. The van der Waals surface area contributed by atoms with Gasteiger partial charge in [-0.1, -0.05) is 12.1 Å². The fourth-order valence-corrected chi connectivity index (χ4v) is 3.42. The molecule has 0 bridgehead atoms. The smallest absolute Gasteiger partial charge is 0.0564 e. The molecular weight excluding hydrogens is 236 g/mol. The van der Waals surface area contributed by atoms with Crippen LogP contribution < -0.4 is 5.73 Å². The van der Waals surface area contributed by atoms with Crippen LogP contribution >= 0.6 is 22.7 Å². The van der Waals surface area contributed by atoms with Crippen molar-refractivity contribution in [3.8, 4) is 0 Å². The van der Waals surface area contributed by atoms with E-state index in [0.717, 1.165) is 6.54 Å². The molecular formula is C12H16N2S2. The highest BCUT2D eigenvalue weighted by atomic mass is 32.1. The van der Waals surface area contributed by atoms with Crippen LogP contribution in [0.1, 0.15) is 15.8 Å². The van der Waals surface area contributed by atoms with Gasteiger partial charge in [0.25, 0.3) is 0 Å². The van der Waals surface area contributed by atoms with E-state index in [1.165, 1.54) is 9.75 Å². The summed E-state index contributed by atoms with van der Waals surface area (Å²) in [5, 5.41) is 4.22. The molecule has 0 aliphatic carbocycles. The number of hydrogen-bond acceptors (Lipinski definition) is 4. The summed E-state index contributed by atoms with van der Waals surface area (Å²) in [6, 6.07) is 8.84. The molecule has 86 valence electrons. The van der Waals surface area contributed by atoms with E-state index in [4.69, 9.17) is 5.73 Å². The van der Waals surface area contributed by atoms with Gasteiger partial charge < -0.3 is 5.73 Å². The molecule has 2 N–H and O–H groups in total. The zero-order chi connectivity index (χ0) is 11.4. The van der Waals surface area contributed by atoms with Gasteiger partial charge in [-0.2, -0.15) is 0 Å². The average Bonchev–Trinajstić information content (AvgIpc) is 2.91. The van der Waals surface area contributed by atoms with Crippen molar-refractivity contribution in [1.29, 1.82) is 0 Å². The maximum Gasteiger partial charge on any atom is 0.0564 e. The molecule has 2 nitrogen and oxygen atoms in total. The second-order valence-electron chi connectivity index (χ2n) is 3.76. The van der Waals surface area contributed by atoms with Gasteiger partial charge in [-0.15, -0.1) is 22.7 Å². The average molecular weight is 252 g/mol. The Hall–Kier alpha value is -0.680. The Morgan fingerprint density at radius 2 is 2.00 bits per heavy atom. The third kappa shape index (κ3) is 2.71. The Morgan fingerprint density at radius 3 is 2.56 bits per heavy atom. The second-order valence-corrected chi connectivity index (χ2v) is 5.77. The largest absolute Gasteiger partial charge is 0.329 e. The van der Waals surface area contributed by atoms with Gasteiger partial charge in [0.15, 0.2) is 0 Å². The molecule has 0 amide bonds. The van der Waals surface area contributed by atoms with Crippen LogP contribution in [0, 0.1) is 0 Å². The number of nitrogens with two attached hydrogens (primary N) is 1. The number of thiophene rings is 2. The first-order valence-electron chi connectivity index (χ1n) is 5.27. The topological polar surface area (TPSA) is 29.3 Å². The SMILES string of the molecule is CN(Cc1cccs1)C(CN)c1cccs1. The van der Waals surface area contributed by atoms with Crippen LogP contribution in [0.2, 0.25) is 0 Å². The van der Waals surface area contributed by atoms with Gasteiger partial charge in [-0.05, 0) is 29.9 Å². The van der Waals surface area contributed by atoms with Gasteiger partial charge >= 0.3 is 0 Å². The van der Waals surface area contributed by atoms with Crippen LogP contribution in [0.3, 0.4) is 0 Å². The molecule has 1 atom stereocenters. The van der Waals surface area contributed by atoms with Gasteiger partial charge in [0.2, 0.25) is 0 Å². The van der Waals surface area contributed by atoms with E-state index in [1.807, 2.05) is 0 Å². The van der Waals surface area contributed by atoms with Crippen molar-refractivity contribution >= 4 is 22.7 Å². The summed E-state index contributed by atoms with van der Waals surface area (Å²) in [5.74, 6) is 0. The van der Waals surface area contributed by atoms with Gasteiger partial charge in [0.05, 0.1) is 6.04 Å². The number of rotatable bonds is 5.